The van der Waals surface area contributed by atoms with Gasteiger partial charge in [-0.15, -0.1) is 10.2 Å². The summed E-state index contributed by atoms with van der Waals surface area (Å²) in [6.45, 7) is 3.98. The highest BCUT2D eigenvalue weighted by molar-refractivity contribution is 7.99. The SMILES string of the molecule is CCCC(=O)N1c2ccccc2-c2nnc(SCC)nc2OC1c1ccc(C#N)cc1. The number of carbonyl (C=O) groups excluding carboxylic acids is 1. The third-order valence-electron chi connectivity index (χ3n) is 4.84. The van der Waals surface area contributed by atoms with Crippen LogP contribution >= 0.6 is 11.8 Å². The first kappa shape index (κ1) is 20.8. The van der Waals surface area contributed by atoms with E-state index in [2.05, 4.69) is 21.3 Å². The van der Waals surface area contributed by atoms with E-state index in [9.17, 15) is 4.79 Å². The first-order valence-electron chi connectivity index (χ1n) is 10.1. The van der Waals surface area contributed by atoms with Gasteiger partial charge in [-0.3, -0.25) is 9.69 Å². The highest BCUT2D eigenvalue weighted by Crippen LogP contribution is 2.43. The van der Waals surface area contributed by atoms with Crippen molar-refractivity contribution < 1.29 is 9.53 Å². The number of benzene rings is 2. The maximum Gasteiger partial charge on any atom is 0.247 e. The van der Waals surface area contributed by atoms with Gasteiger partial charge < -0.3 is 4.74 Å². The third kappa shape index (κ3) is 4.09. The van der Waals surface area contributed by atoms with Gasteiger partial charge in [0.2, 0.25) is 23.2 Å². The lowest BCUT2D eigenvalue weighted by Crippen LogP contribution is -2.37. The first-order chi connectivity index (χ1) is 15.2. The minimum Gasteiger partial charge on any atom is -0.447 e. The quantitative estimate of drug-likeness (QED) is 0.538. The number of rotatable bonds is 5. The lowest BCUT2D eigenvalue weighted by molar-refractivity contribution is -0.120. The summed E-state index contributed by atoms with van der Waals surface area (Å²) in [7, 11) is 0. The van der Waals surface area contributed by atoms with Crippen LogP contribution in [-0.4, -0.2) is 26.8 Å². The van der Waals surface area contributed by atoms with Crippen molar-refractivity contribution in [3.8, 4) is 23.2 Å². The van der Waals surface area contributed by atoms with Crippen LogP contribution in [-0.2, 0) is 4.79 Å². The molecule has 0 saturated carbocycles. The predicted molar refractivity (Wildman–Crippen MR) is 119 cm³/mol. The molecule has 2 heterocycles. The summed E-state index contributed by atoms with van der Waals surface area (Å²) in [4.78, 5) is 19.5. The van der Waals surface area contributed by atoms with Crippen molar-refractivity contribution in [3.05, 3.63) is 59.7 Å². The van der Waals surface area contributed by atoms with Crippen LogP contribution < -0.4 is 9.64 Å². The second-order valence-corrected chi connectivity index (χ2v) is 8.15. The molecule has 8 heteroatoms. The number of carbonyl (C=O) groups is 1. The Morgan fingerprint density at radius 3 is 2.65 bits per heavy atom. The van der Waals surface area contributed by atoms with E-state index < -0.39 is 6.23 Å². The van der Waals surface area contributed by atoms with E-state index in [0.717, 1.165) is 16.9 Å². The zero-order valence-electron chi connectivity index (χ0n) is 17.3. The molecule has 0 spiro atoms. The van der Waals surface area contributed by atoms with Crippen LogP contribution in [0, 0.1) is 11.3 Å². The molecule has 7 nitrogen and oxygen atoms in total. The van der Waals surface area contributed by atoms with Gasteiger partial charge in [0.25, 0.3) is 0 Å². The number of hydrogen-bond donors (Lipinski definition) is 0. The molecule has 0 radical (unpaired) electrons. The van der Waals surface area contributed by atoms with E-state index in [1.54, 1.807) is 29.2 Å². The Kier molecular flexibility index (Phi) is 6.14. The summed E-state index contributed by atoms with van der Waals surface area (Å²) in [6.07, 6.45) is 0.335. The van der Waals surface area contributed by atoms with Crippen molar-refractivity contribution in [2.24, 2.45) is 0 Å². The maximum absolute atomic E-state index is 13.3. The van der Waals surface area contributed by atoms with Crippen LogP contribution in [0.25, 0.3) is 11.3 Å². The lowest BCUT2D eigenvalue weighted by atomic mass is 10.1. The molecule has 4 rings (SSSR count). The van der Waals surface area contributed by atoms with Crippen molar-refractivity contribution in [1.29, 1.82) is 5.26 Å². The average Bonchev–Trinajstić information content (AvgIpc) is 2.94. The van der Waals surface area contributed by atoms with Gasteiger partial charge in [-0.05, 0) is 30.4 Å². The summed E-state index contributed by atoms with van der Waals surface area (Å²) in [5.41, 5.74) is 3.22. The van der Waals surface area contributed by atoms with Gasteiger partial charge >= 0.3 is 0 Å². The fraction of sp³-hybridized carbons (Fsp3) is 0.261. The van der Waals surface area contributed by atoms with Crippen LogP contribution in [0.4, 0.5) is 5.69 Å². The molecule has 1 aliphatic heterocycles. The molecule has 0 aliphatic carbocycles. The van der Waals surface area contributed by atoms with E-state index in [1.165, 1.54) is 11.8 Å². The topological polar surface area (TPSA) is 92.0 Å². The monoisotopic (exact) mass is 431 g/mol. The Hall–Kier alpha value is -3.44. The minimum atomic E-state index is -0.745. The van der Waals surface area contributed by atoms with E-state index >= 15 is 0 Å². The van der Waals surface area contributed by atoms with Crippen molar-refractivity contribution in [3.63, 3.8) is 0 Å². The van der Waals surface area contributed by atoms with Gasteiger partial charge in [-0.1, -0.05) is 55.9 Å². The van der Waals surface area contributed by atoms with Crippen molar-refractivity contribution in [1.82, 2.24) is 15.2 Å². The number of nitrogens with zero attached hydrogens (tertiary/aromatic N) is 5. The van der Waals surface area contributed by atoms with Gasteiger partial charge in [-0.2, -0.15) is 10.2 Å². The number of fused-ring (bicyclic) bond motifs is 3. The molecule has 1 atom stereocenters. The number of anilines is 1. The van der Waals surface area contributed by atoms with Crippen molar-refractivity contribution in [2.45, 2.75) is 38.1 Å². The first-order valence-corrected chi connectivity index (χ1v) is 11.1. The molecule has 156 valence electrons. The normalized spacial score (nSPS) is 14.6. The molecule has 0 bridgehead atoms. The van der Waals surface area contributed by atoms with E-state index in [0.29, 0.717) is 40.8 Å². The summed E-state index contributed by atoms with van der Waals surface area (Å²) >= 11 is 1.47. The summed E-state index contributed by atoms with van der Waals surface area (Å²) in [5, 5.41) is 18.3. The number of amides is 1. The molecular weight excluding hydrogens is 410 g/mol. The standard InChI is InChI=1S/C23H21N5O2S/c1-3-7-19(29)28-18-9-6-5-8-17(18)20-21(25-23(27-26-20)31-4-2)30-22(28)16-12-10-15(14-24)11-13-16/h5-6,8-13,22H,3-4,7H2,1-2H3. The Morgan fingerprint density at radius 2 is 1.94 bits per heavy atom. The molecule has 3 aromatic rings. The molecule has 1 aliphatic rings. The average molecular weight is 432 g/mol. The molecular formula is C23H21N5O2S. The van der Waals surface area contributed by atoms with Gasteiger partial charge in [0.1, 0.15) is 0 Å². The summed E-state index contributed by atoms with van der Waals surface area (Å²) < 4.78 is 6.36. The molecule has 2 aromatic carbocycles. The third-order valence-corrected chi connectivity index (χ3v) is 5.56. The smallest absolute Gasteiger partial charge is 0.247 e. The molecule has 1 aromatic heterocycles. The van der Waals surface area contributed by atoms with E-state index in [-0.39, 0.29) is 5.91 Å². The van der Waals surface area contributed by atoms with E-state index in [1.807, 2.05) is 38.1 Å². The fourth-order valence-electron chi connectivity index (χ4n) is 3.45. The molecule has 31 heavy (non-hydrogen) atoms. The highest BCUT2D eigenvalue weighted by Gasteiger charge is 2.35. The molecule has 1 unspecified atom stereocenters. The van der Waals surface area contributed by atoms with Crippen molar-refractivity contribution in [2.75, 3.05) is 10.7 Å². The largest absolute Gasteiger partial charge is 0.447 e. The Bertz CT molecular complexity index is 1140. The zero-order chi connectivity index (χ0) is 21.8. The maximum atomic E-state index is 13.3. The van der Waals surface area contributed by atoms with Crippen LogP contribution in [0.2, 0.25) is 0 Å². The van der Waals surface area contributed by atoms with Crippen LogP contribution in [0.5, 0.6) is 5.88 Å². The summed E-state index contributed by atoms with van der Waals surface area (Å²) in [6, 6.07) is 16.7. The molecule has 0 fully saturated rings. The number of para-hydroxylation sites is 1. The number of nitriles is 1. The Morgan fingerprint density at radius 1 is 1.16 bits per heavy atom. The number of aromatic nitrogens is 3. The lowest BCUT2D eigenvalue weighted by Gasteiger charge is -2.31. The van der Waals surface area contributed by atoms with Gasteiger partial charge in [0.05, 0.1) is 17.3 Å². The fourth-order valence-corrected chi connectivity index (χ4v) is 3.95. The molecule has 0 N–H and O–H groups in total. The number of ether oxygens (including phenoxy) is 1. The number of thioether (sulfide) groups is 1. The van der Waals surface area contributed by atoms with Crippen LogP contribution in [0.3, 0.4) is 0 Å². The molecule has 1 amide bonds. The van der Waals surface area contributed by atoms with Crippen LogP contribution in [0.1, 0.15) is 44.0 Å². The van der Waals surface area contributed by atoms with Gasteiger partial charge in [0, 0.05) is 17.5 Å². The van der Waals surface area contributed by atoms with Gasteiger partial charge in [0.15, 0.2) is 5.69 Å². The van der Waals surface area contributed by atoms with Crippen molar-refractivity contribution >= 4 is 23.4 Å². The van der Waals surface area contributed by atoms with E-state index in [4.69, 9.17) is 10.00 Å². The second-order valence-electron chi connectivity index (χ2n) is 6.92. The zero-order valence-corrected chi connectivity index (χ0v) is 18.1. The second kappa shape index (κ2) is 9.14. The minimum absolute atomic E-state index is 0.0618. The highest BCUT2D eigenvalue weighted by atomic mass is 32.2. The predicted octanol–water partition coefficient (Wildman–Crippen LogP) is 4.75. The Balaban J connectivity index is 1.92. The van der Waals surface area contributed by atoms with Gasteiger partial charge in [-0.25, -0.2) is 0 Å². The van der Waals surface area contributed by atoms with Crippen LogP contribution in [0.15, 0.2) is 53.7 Å². The summed E-state index contributed by atoms with van der Waals surface area (Å²) in [5.74, 6) is 1.07. The molecule has 0 saturated heterocycles. The number of hydrogen-bond acceptors (Lipinski definition) is 7. The Labute approximate surface area is 185 Å².